The van der Waals surface area contributed by atoms with E-state index in [-0.39, 0.29) is 11.8 Å². The first-order valence-corrected chi connectivity index (χ1v) is 9.85. The second-order valence-electron chi connectivity index (χ2n) is 6.79. The molecule has 8 heteroatoms. The molecule has 1 fully saturated rings. The van der Waals surface area contributed by atoms with Crippen molar-refractivity contribution >= 4 is 28.5 Å². The lowest BCUT2D eigenvalue weighted by Gasteiger charge is -2.32. The van der Waals surface area contributed by atoms with Crippen LogP contribution in [0.2, 0.25) is 0 Å². The summed E-state index contributed by atoms with van der Waals surface area (Å²) in [5, 5.41) is 9.47. The molecule has 0 bridgehead atoms. The van der Waals surface area contributed by atoms with Crippen LogP contribution in [0, 0.1) is 6.92 Å². The summed E-state index contributed by atoms with van der Waals surface area (Å²) in [5.74, 6) is 0.294. The Morgan fingerprint density at radius 1 is 1.38 bits per heavy atom. The molecule has 1 atom stereocenters. The number of hydrogen-bond donors (Lipinski definition) is 0. The van der Waals surface area contributed by atoms with Crippen molar-refractivity contribution in [1.29, 1.82) is 0 Å². The SMILES string of the molecule is CCCn1ncc2ccc([C@H]3CCCN(C(=O)c4snnc4C)C3)nc21. The molecule has 1 saturated heterocycles. The molecule has 0 aromatic carbocycles. The van der Waals surface area contributed by atoms with Crippen LogP contribution < -0.4 is 0 Å². The van der Waals surface area contributed by atoms with Crippen molar-refractivity contribution in [1.82, 2.24) is 29.3 Å². The zero-order valence-electron chi connectivity index (χ0n) is 15.1. The Labute approximate surface area is 156 Å². The quantitative estimate of drug-likeness (QED) is 0.705. The van der Waals surface area contributed by atoms with E-state index in [2.05, 4.69) is 33.7 Å². The predicted molar refractivity (Wildman–Crippen MR) is 100 cm³/mol. The lowest BCUT2D eigenvalue weighted by atomic mass is 9.94. The van der Waals surface area contributed by atoms with Crippen molar-refractivity contribution in [3.05, 3.63) is 34.6 Å². The predicted octanol–water partition coefficient (Wildman–Crippen LogP) is 3.02. The summed E-state index contributed by atoms with van der Waals surface area (Å²) in [4.78, 5) is 20.3. The molecule has 0 aliphatic carbocycles. The van der Waals surface area contributed by atoms with E-state index in [1.54, 1.807) is 0 Å². The van der Waals surface area contributed by atoms with Gasteiger partial charge in [-0.3, -0.25) is 4.79 Å². The van der Waals surface area contributed by atoms with Crippen LogP contribution in [-0.4, -0.2) is 48.2 Å². The molecule has 0 saturated carbocycles. The minimum Gasteiger partial charge on any atom is -0.337 e. The van der Waals surface area contributed by atoms with Crippen molar-refractivity contribution in [3.63, 3.8) is 0 Å². The topological polar surface area (TPSA) is 76.8 Å². The highest BCUT2D eigenvalue weighted by molar-refractivity contribution is 7.07. The second kappa shape index (κ2) is 7.11. The average molecular weight is 370 g/mol. The smallest absolute Gasteiger partial charge is 0.267 e. The molecule has 7 nitrogen and oxygen atoms in total. The number of aryl methyl sites for hydroxylation is 2. The van der Waals surface area contributed by atoms with Crippen LogP contribution in [0.15, 0.2) is 18.3 Å². The fourth-order valence-corrected chi connectivity index (χ4v) is 4.17. The van der Waals surface area contributed by atoms with E-state index in [1.807, 2.05) is 22.7 Å². The van der Waals surface area contributed by atoms with Gasteiger partial charge in [-0.1, -0.05) is 11.4 Å². The van der Waals surface area contributed by atoms with Gasteiger partial charge in [-0.05, 0) is 49.9 Å². The summed E-state index contributed by atoms with van der Waals surface area (Å²) in [7, 11) is 0. The van der Waals surface area contributed by atoms with Gasteiger partial charge >= 0.3 is 0 Å². The fourth-order valence-electron chi connectivity index (χ4n) is 3.55. The maximum absolute atomic E-state index is 12.8. The summed E-state index contributed by atoms with van der Waals surface area (Å²) in [6, 6.07) is 4.17. The van der Waals surface area contributed by atoms with Crippen molar-refractivity contribution in [2.75, 3.05) is 13.1 Å². The van der Waals surface area contributed by atoms with Crippen LogP contribution in [0.4, 0.5) is 0 Å². The molecule has 3 aromatic heterocycles. The lowest BCUT2D eigenvalue weighted by Crippen LogP contribution is -2.39. The molecule has 0 N–H and O–H groups in total. The van der Waals surface area contributed by atoms with Gasteiger partial charge in [0.25, 0.3) is 5.91 Å². The van der Waals surface area contributed by atoms with Crippen LogP contribution in [0.1, 0.15) is 53.2 Å². The van der Waals surface area contributed by atoms with Gasteiger partial charge in [0.05, 0.1) is 11.9 Å². The summed E-state index contributed by atoms with van der Waals surface area (Å²) < 4.78 is 5.86. The largest absolute Gasteiger partial charge is 0.337 e. The van der Waals surface area contributed by atoms with Crippen LogP contribution in [0.25, 0.3) is 11.0 Å². The average Bonchev–Trinajstić information content (AvgIpc) is 3.27. The maximum atomic E-state index is 12.8. The Balaban J connectivity index is 1.57. The first kappa shape index (κ1) is 17.1. The highest BCUT2D eigenvalue weighted by Gasteiger charge is 2.28. The van der Waals surface area contributed by atoms with Crippen molar-refractivity contribution in [2.24, 2.45) is 0 Å². The number of fused-ring (bicyclic) bond motifs is 1. The number of nitrogens with zero attached hydrogens (tertiary/aromatic N) is 6. The Morgan fingerprint density at radius 2 is 2.27 bits per heavy atom. The number of carbonyl (C=O) groups is 1. The first-order chi connectivity index (χ1) is 12.7. The Hall–Kier alpha value is -2.35. The standard InChI is InChI=1S/C18H22N6OS/c1-3-8-24-17-13(10-19-24)6-7-15(20-17)14-5-4-9-23(11-14)18(25)16-12(2)21-22-26-16/h6-7,10,14H,3-5,8-9,11H2,1-2H3/t14-/m0/s1. The van der Waals surface area contributed by atoms with Crippen molar-refractivity contribution in [2.45, 2.75) is 45.6 Å². The van der Waals surface area contributed by atoms with Gasteiger partial charge in [0.15, 0.2) is 5.65 Å². The number of piperidine rings is 1. The molecule has 1 amide bonds. The monoisotopic (exact) mass is 370 g/mol. The maximum Gasteiger partial charge on any atom is 0.267 e. The number of aromatic nitrogens is 5. The third-order valence-corrected chi connectivity index (χ3v) is 5.73. The van der Waals surface area contributed by atoms with Crippen LogP contribution in [0.3, 0.4) is 0 Å². The molecule has 136 valence electrons. The van der Waals surface area contributed by atoms with E-state index in [0.29, 0.717) is 17.1 Å². The second-order valence-corrected chi connectivity index (χ2v) is 7.55. The molecular weight excluding hydrogens is 348 g/mol. The van der Waals surface area contributed by atoms with Gasteiger partial charge in [0, 0.05) is 36.6 Å². The molecule has 0 unspecified atom stereocenters. The number of carbonyl (C=O) groups excluding carboxylic acids is 1. The van der Waals surface area contributed by atoms with E-state index in [1.165, 1.54) is 11.5 Å². The van der Waals surface area contributed by atoms with Crippen LogP contribution >= 0.6 is 11.5 Å². The van der Waals surface area contributed by atoms with Gasteiger partial charge in [0.1, 0.15) is 4.88 Å². The van der Waals surface area contributed by atoms with Crippen LogP contribution in [-0.2, 0) is 6.54 Å². The van der Waals surface area contributed by atoms with E-state index in [9.17, 15) is 4.79 Å². The van der Waals surface area contributed by atoms with Crippen molar-refractivity contribution in [3.8, 4) is 0 Å². The summed E-state index contributed by atoms with van der Waals surface area (Å²) in [6.07, 6.45) is 4.93. The Kier molecular flexibility index (Phi) is 4.67. The summed E-state index contributed by atoms with van der Waals surface area (Å²) in [5.41, 5.74) is 2.70. The van der Waals surface area contributed by atoms with Gasteiger partial charge in [-0.2, -0.15) is 5.10 Å². The molecule has 4 rings (SSSR count). The van der Waals surface area contributed by atoms with E-state index in [4.69, 9.17) is 4.98 Å². The first-order valence-electron chi connectivity index (χ1n) is 9.08. The van der Waals surface area contributed by atoms with Crippen molar-refractivity contribution < 1.29 is 4.79 Å². The van der Waals surface area contributed by atoms with Gasteiger partial charge in [-0.25, -0.2) is 9.67 Å². The highest BCUT2D eigenvalue weighted by Crippen LogP contribution is 2.28. The normalized spacial score (nSPS) is 17.8. The molecule has 1 aliphatic heterocycles. The number of pyridine rings is 1. The minimum atomic E-state index is 0.0410. The van der Waals surface area contributed by atoms with E-state index >= 15 is 0 Å². The summed E-state index contributed by atoms with van der Waals surface area (Å²) in [6.45, 7) is 6.31. The lowest BCUT2D eigenvalue weighted by molar-refractivity contribution is 0.0710. The molecule has 0 spiro atoms. The van der Waals surface area contributed by atoms with Crippen LogP contribution in [0.5, 0.6) is 0 Å². The fraction of sp³-hybridized carbons (Fsp3) is 0.500. The number of rotatable bonds is 4. The third kappa shape index (κ3) is 3.09. The Morgan fingerprint density at radius 3 is 3.04 bits per heavy atom. The molecule has 1 aliphatic rings. The highest BCUT2D eigenvalue weighted by atomic mass is 32.1. The van der Waals surface area contributed by atoms with Gasteiger partial charge in [0.2, 0.25) is 0 Å². The van der Waals surface area contributed by atoms with Gasteiger partial charge in [-0.15, -0.1) is 5.10 Å². The molecule has 26 heavy (non-hydrogen) atoms. The van der Waals surface area contributed by atoms with Gasteiger partial charge < -0.3 is 4.90 Å². The zero-order chi connectivity index (χ0) is 18.1. The molecule has 0 radical (unpaired) electrons. The minimum absolute atomic E-state index is 0.0410. The Bertz CT molecular complexity index is 933. The molecule has 4 heterocycles. The molecule has 3 aromatic rings. The number of hydrogen-bond acceptors (Lipinski definition) is 6. The summed E-state index contributed by atoms with van der Waals surface area (Å²) >= 11 is 1.18. The number of amides is 1. The van der Waals surface area contributed by atoms with E-state index < -0.39 is 0 Å². The van der Waals surface area contributed by atoms with E-state index in [0.717, 1.165) is 49.1 Å². The number of likely N-dealkylation sites (tertiary alicyclic amines) is 1. The zero-order valence-corrected chi connectivity index (χ0v) is 15.9. The third-order valence-electron chi connectivity index (χ3n) is 4.92. The molecular formula is C18H22N6OS.